The van der Waals surface area contributed by atoms with Crippen LogP contribution in [0.1, 0.15) is 43.4 Å². The number of allylic oxidation sites excluding steroid dienone is 6. The quantitative estimate of drug-likeness (QED) is 0.138. The maximum absolute atomic E-state index is 12.9. The Morgan fingerprint density at radius 3 is 2.41 bits per heavy atom. The molecule has 0 aromatic heterocycles. The van der Waals surface area contributed by atoms with Crippen LogP contribution in [0.25, 0.3) is 0 Å². The molecule has 0 saturated carbocycles. The van der Waals surface area contributed by atoms with Crippen molar-refractivity contribution in [3.05, 3.63) is 106 Å². The summed E-state index contributed by atoms with van der Waals surface area (Å²) in [5.41, 5.74) is 5.16. The van der Waals surface area contributed by atoms with Crippen LogP contribution in [0.5, 0.6) is 5.75 Å². The fourth-order valence-electron chi connectivity index (χ4n) is 3.79. The Morgan fingerprint density at radius 2 is 1.86 bits per heavy atom. The van der Waals surface area contributed by atoms with Crippen LogP contribution in [0, 0.1) is 18.8 Å². The van der Waals surface area contributed by atoms with Crippen LogP contribution < -0.4 is 10.1 Å². The molecule has 1 aromatic carbocycles. The smallest absolute Gasteiger partial charge is 0.362 e. The molecule has 0 spiro atoms. The Hall–Kier alpha value is -3.32. The summed E-state index contributed by atoms with van der Waals surface area (Å²) in [6.45, 7) is 14.1. The molecule has 200 valence electrons. The van der Waals surface area contributed by atoms with E-state index in [-0.39, 0.29) is 17.2 Å². The van der Waals surface area contributed by atoms with E-state index in [4.69, 9.17) is 14.5 Å². The third-order valence-electron chi connectivity index (χ3n) is 5.55. The van der Waals surface area contributed by atoms with Gasteiger partial charge in [0, 0.05) is 6.54 Å². The van der Waals surface area contributed by atoms with Gasteiger partial charge in [-0.2, -0.15) is 0 Å². The lowest BCUT2D eigenvalue weighted by Gasteiger charge is -2.15. The highest BCUT2D eigenvalue weighted by Gasteiger charge is 2.18. The minimum atomic E-state index is -4.27. The topological polar surface area (TPSA) is 125 Å². The predicted octanol–water partition coefficient (Wildman–Crippen LogP) is 6.10. The monoisotopic (exact) mass is 528 g/mol. The highest BCUT2D eigenvalue weighted by molar-refractivity contribution is 7.51. The molecule has 1 aromatic rings. The molecule has 0 radical (unpaired) electrons. The molecule has 1 amide bonds. The normalized spacial score (nSPS) is 14.0. The molecule has 0 heterocycles. The number of hydrogen-bond acceptors (Lipinski definition) is 5. The van der Waals surface area contributed by atoms with E-state index in [2.05, 4.69) is 23.7 Å². The largest absolute Gasteiger partial charge is 0.481 e. The standard InChI is InChI=1S/C26H33N2O6P.C2H4/c1-5-8-20(6-2)11-12-27-26(29)24-16-21(9-7-10-25(24)28-30)15-23-18(3)13-22(14-19(23)4)34-17-35(31,32)33;1-2/h5-8,10,13-14,16H,9,11-12,15,17H2,1-4H3,(H,27,29)(H2,31,32,33);1-2H2/b8-5-,20-6+;. The van der Waals surface area contributed by atoms with Gasteiger partial charge in [-0.3, -0.25) is 9.36 Å². The van der Waals surface area contributed by atoms with Crippen LogP contribution in [-0.4, -0.2) is 28.6 Å². The van der Waals surface area contributed by atoms with Crippen molar-refractivity contribution in [2.75, 3.05) is 12.9 Å². The SMILES string of the molecule is C/C=C\C(=C/C)CCNC(=O)C1=C(N=O)C=CCC(Cc2c(C)cc(OCP(=O)(O)O)cc2C)=C1.C=C. The number of amides is 1. The van der Waals surface area contributed by atoms with Crippen molar-refractivity contribution in [3.63, 3.8) is 0 Å². The Balaban J connectivity index is 0.00000334. The molecule has 0 saturated heterocycles. The molecular weight excluding hydrogens is 491 g/mol. The van der Waals surface area contributed by atoms with E-state index in [9.17, 15) is 14.3 Å². The van der Waals surface area contributed by atoms with Crippen molar-refractivity contribution in [2.45, 2.75) is 47.0 Å². The molecule has 0 aliphatic heterocycles. The minimum absolute atomic E-state index is 0.0897. The number of hydrogen-bond donors (Lipinski definition) is 3. The maximum atomic E-state index is 12.9. The average molecular weight is 529 g/mol. The zero-order valence-electron chi connectivity index (χ0n) is 22.0. The van der Waals surface area contributed by atoms with Crippen LogP contribution >= 0.6 is 7.60 Å². The summed E-state index contributed by atoms with van der Waals surface area (Å²) < 4.78 is 16.3. The van der Waals surface area contributed by atoms with Gasteiger partial charge < -0.3 is 19.8 Å². The first-order valence-corrected chi connectivity index (χ1v) is 13.6. The molecule has 0 unspecified atom stereocenters. The minimum Gasteiger partial charge on any atom is -0.481 e. The number of benzene rings is 1. The fraction of sp³-hybridized carbons (Fsp3) is 0.321. The van der Waals surface area contributed by atoms with Gasteiger partial charge in [-0.1, -0.05) is 35.5 Å². The third kappa shape index (κ3) is 10.7. The Kier molecular flexibility index (Phi) is 13.5. The highest BCUT2D eigenvalue weighted by Crippen LogP contribution is 2.35. The third-order valence-corrected chi connectivity index (χ3v) is 6.01. The second-order valence-electron chi connectivity index (χ2n) is 8.32. The lowest BCUT2D eigenvalue weighted by molar-refractivity contribution is -0.117. The number of aryl methyl sites for hydroxylation is 2. The van der Waals surface area contributed by atoms with Crippen LogP contribution in [0.15, 0.2) is 89.3 Å². The molecule has 0 fully saturated rings. The second-order valence-corrected chi connectivity index (χ2v) is 9.91. The molecule has 8 nitrogen and oxygen atoms in total. The van der Waals surface area contributed by atoms with Crippen molar-refractivity contribution in [2.24, 2.45) is 5.18 Å². The average Bonchev–Trinajstić information content (AvgIpc) is 3.07. The molecule has 0 atom stereocenters. The van der Waals surface area contributed by atoms with Gasteiger partial charge in [-0.05, 0) is 93.1 Å². The van der Waals surface area contributed by atoms with Crippen molar-refractivity contribution in [1.82, 2.24) is 5.32 Å². The summed E-state index contributed by atoms with van der Waals surface area (Å²) in [4.78, 5) is 42.4. The zero-order chi connectivity index (χ0) is 28.0. The molecule has 0 bridgehead atoms. The van der Waals surface area contributed by atoms with Gasteiger partial charge in [0.25, 0.3) is 5.91 Å². The molecule has 3 N–H and O–H groups in total. The van der Waals surface area contributed by atoms with Crippen molar-refractivity contribution >= 4 is 13.5 Å². The Labute approximate surface area is 219 Å². The van der Waals surface area contributed by atoms with E-state index < -0.39 is 13.9 Å². The fourth-order valence-corrected chi connectivity index (χ4v) is 4.11. The first kappa shape index (κ1) is 31.7. The molecule has 37 heavy (non-hydrogen) atoms. The van der Waals surface area contributed by atoms with Gasteiger partial charge in [0.05, 0.1) is 5.57 Å². The van der Waals surface area contributed by atoms with E-state index in [1.54, 1.807) is 24.3 Å². The molecule has 9 heteroatoms. The maximum Gasteiger partial charge on any atom is 0.362 e. The van der Waals surface area contributed by atoms with E-state index >= 15 is 0 Å². The van der Waals surface area contributed by atoms with E-state index in [0.717, 1.165) is 27.8 Å². The summed E-state index contributed by atoms with van der Waals surface area (Å²) in [6.07, 6.45) is 12.1. The Bertz CT molecular complexity index is 1150. The van der Waals surface area contributed by atoms with Gasteiger partial charge in [0.15, 0.2) is 6.35 Å². The van der Waals surface area contributed by atoms with Crippen molar-refractivity contribution in [3.8, 4) is 5.75 Å². The second kappa shape index (κ2) is 15.7. The predicted molar refractivity (Wildman–Crippen MR) is 149 cm³/mol. The van der Waals surface area contributed by atoms with Crippen LogP contribution in [0.2, 0.25) is 0 Å². The van der Waals surface area contributed by atoms with E-state index in [0.29, 0.717) is 31.6 Å². The van der Waals surface area contributed by atoms with Crippen molar-refractivity contribution in [1.29, 1.82) is 0 Å². The van der Waals surface area contributed by atoms with Crippen LogP contribution in [0.3, 0.4) is 0 Å². The van der Waals surface area contributed by atoms with Gasteiger partial charge in [-0.25, -0.2) is 0 Å². The van der Waals surface area contributed by atoms with Crippen molar-refractivity contribution < 1.29 is 23.9 Å². The number of rotatable bonds is 11. The molecular formula is C28H37N2O6P. The lowest BCUT2D eigenvalue weighted by Crippen LogP contribution is -2.26. The number of nitrogens with zero attached hydrogens (tertiary/aromatic N) is 1. The summed E-state index contributed by atoms with van der Waals surface area (Å²) in [5, 5.41) is 5.94. The number of nitrogens with one attached hydrogen (secondary N) is 1. The number of nitroso groups, excluding NO2 is 1. The molecule has 2 rings (SSSR count). The molecule has 1 aliphatic rings. The number of carbonyl (C=O) groups is 1. The van der Waals surface area contributed by atoms with Gasteiger partial charge >= 0.3 is 7.60 Å². The zero-order valence-corrected chi connectivity index (χ0v) is 22.9. The van der Waals surface area contributed by atoms with Gasteiger partial charge in [0.2, 0.25) is 0 Å². The van der Waals surface area contributed by atoms with Crippen LogP contribution in [-0.2, 0) is 15.8 Å². The van der Waals surface area contributed by atoms with E-state index in [1.807, 2.05) is 52.0 Å². The summed E-state index contributed by atoms with van der Waals surface area (Å²) in [5.74, 6) is 0.0295. The summed E-state index contributed by atoms with van der Waals surface area (Å²) in [6, 6.07) is 3.47. The number of carbonyl (C=O) groups excluding carboxylic acids is 1. The first-order valence-electron chi connectivity index (χ1n) is 11.8. The van der Waals surface area contributed by atoms with Gasteiger partial charge in [0.1, 0.15) is 11.4 Å². The molecule has 1 aliphatic carbocycles. The number of ether oxygens (including phenoxy) is 1. The van der Waals surface area contributed by atoms with Gasteiger partial charge in [-0.15, -0.1) is 18.1 Å². The lowest BCUT2D eigenvalue weighted by atomic mass is 9.93. The highest BCUT2D eigenvalue weighted by atomic mass is 31.2. The first-order chi connectivity index (χ1) is 17.6. The van der Waals surface area contributed by atoms with E-state index in [1.165, 1.54) is 0 Å². The summed E-state index contributed by atoms with van der Waals surface area (Å²) in [7, 11) is -4.27. The van der Waals surface area contributed by atoms with Crippen LogP contribution in [0.4, 0.5) is 0 Å². The Morgan fingerprint density at radius 1 is 1.22 bits per heavy atom. The summed E-state index contributed by atoms with van der Waals surface area (Å²) >= 11 is 0.